The molecule has 0 saturated carbocycles. The number of hydrogen-bond acceptors (Lipinski definition) is 4. The molecule has 1 atom stereocenters. The fraction of sp³-hybridized carbons (Fsp3) is 0.357. The van der Waals surface area contributed by atoms with Crippen LogP contribution in [0, 0.1) is 17.6 Å². The molecule has 0 bridgehead atoms. The Balaban J connectivity index is 1.94. The third kappa shape index (κ3) is 4.00. The Morgan fingerprint density at radius 2 is 2.23 bits per heavy atom. The quantitative estimate of drug-likeness (QED) is 0.849. The summed E-state index contributed by atoms with van der Waals surface area (Å²) < 4.78 is 30.7. The van der Waals surface area contributed by atoms with Gasteiger partial charge in [0.05, 0.1) is 0 Å². The van der Waals surface area contributed by atoms with Crippen LogP contribution in [0.4, 0.5) is 8.78 Å². The van der Waals surface area contributed by atoms with Crippen LogP contribution < -0.4 is 11.1 Å². The van der Waals surface area contributed by atoms with Crippen molar-refractivity contribution in [3.63, 3.8) is 0 Å². The molecule has 1 aromatic carbocycles. The second-order valence-corrected chi connectivity index (χ2v) is 4.87. The number of carbonyl (C=O) groups excluding carboxylic acids is 1. The molecule has 1 heterocycles. The van der Waals surface area contributed by atoms with Gasteiger partial charge in [0, 0.05) is 12.6 Å². The molecule has 2 rings (SSSR count). The van der Waals surface area contributed by atoms with E-state index in [0.29, 0.717) is 18.4 Å². The number of nitrogens with zero attached hydrogens (tertiary/aromatic N) is 1. The van der Waals surface area contributed by atoms with Crippen LogP contribution in [-0.2, 0) is 6.42 Å². The van der Waals surface area contributed by atoms with E-state index < -0.39 is 23.3 Å². The van der Waals surface area contributed by atoms with Crippen LogP contribution >= 0.6 is 0 Å². The van der Waals surface area contributed by atoms with Crippen molar-refractivity contribution in [1.29, 1.82) is 0 Å². The zero-order valence-corrected chi connectivity index (χ0v) is 11.9. The van der Waals surface area contributed by atoms with Crippen LogP contribution in [0.25, 0.3) is 0 Å². The number of aromatic amines is 1. The summed E-state index contributed by atoms with van der Waals surface area (Å²) in [5, 5.41) is 5.86. The fourth-order valence-electron chi connectivity index (χ4n) is 2.01. The highest BCUT2D eigenvalue weighted by Gasteiger charge is 2.15. The maximum Gasteiger partial charge on any atom is 0.439 e. The normalized spacial score (nSPS) is 12.1. The van der Waals surface area contributed by atoms with Gasteiger partial charge in [0.25, 0.3) is 5.91 Å². The summed E-state index contributed by atoms with van der Waals surface area (Å²) in [6.45, 7) is 2.16. The smallest absolute Gasteiger partial charge is 0.349 e. The first-order valence-electron chi connectivity index (χ1n) is 6.77. The second kappa shape index (κ2) is 6.97. The van der Waals surface area contributed by atoms with Gasteiger partial charge < -0.3 is 5.32 Å². The lowest BCUT2D eigenvalue weighted by Crippen LogP contribution is -2.31. The monoisotopic (exact) mass is 311 g/mol. The van der Waals surface area contributed by atoms with Crippen LogP contribution in [0.3, 0.4) is 0 Å². The van der Waals surface area contributed by atoms with Crippen LogP contribution in [-0.4, -0.2) is 22.6 Å². The van der Waals surface area contributed by atoms with Crippen LogP contribution in [0.15, 0.2) is 27.5 Å². The average Bonchev–Trinajstić information content (AvgIpc) is 2.92. The number of carbonyl (C=O) groups is 1. The van der Waals surface area contributed by atoms with Crippen molar-refractivity contribution in [2.45, 2.75) is 19.8 Å². The molecule has 0 aliphatic heterocycles. The van der Waals surface area contributed by atoms with Gasteiger partial charge in [0.1, 0.15) is 11.6 Å². The SMILES string of the molecule is CC[C@H](CNC(=O)c1noc(=O)[nH]1)Cc1ccc(F)cc1F. The Labute approximate surface area is 124 Å². The van der Waals surface area contributed by atoms with Crippen molar-refractivity contribution >= 4 is 5.91 Å². The van der Waals surface area contributed by atoms with Crippen LogP contribution in [0.2, 0.25) is 0 Å². The van der Waals surface area contributed by atoms with E-state index in [1.165, 1.54) is 12.1 Å². The van der Waals surface area contributed by atoms with E-state index in [4.69, 9.17) is 0 Å². The van der Waals surface area contributed by atoms with Gasteiger partial charge in [-0.3, -0.25) is 14.3 Å². The summed E-state index contributed by atoms with van der Waals surface area (Å²) in [7, 11) is 0. The topological polar surface area (TPSA) is 88.0 Å². The number of nitrogens with one attached hydrogen (secondary N) is 2. The van der Waals surface area contributed by atoms with Crippen LogP contribution in [0.5, 0.6) is 0 Å². The molecule has 1 amide bonds. The number of H-pyrrole nitrogens is 1. The van der Waals surface area contributed by atoms with E-state index in [9.17, 15) is 18.4 Å². The van der Waals surface area contributed by atoms with E-state index in [1.807, 2.05) is 6.92 Å². The summed E-state index contributed by atoms with van der Waals surface area (Å²) in [6, 6.07) is 3.43. The Morgan fingerprint density at radius 3 is 2.82 bits per heavy atom. The summed E-state index contributed by atoms with van der Waals surface area (Å²) in [4.78, 5) is 24.6. The zero-order chi connectivity index (χ0) is 16.1. The van der Waals surface area contributed by atoms with Crippen molar-refractivity contribution in [2.24, 2.45) is 5.92 Å². The summed E-state index contributed by atoms with van der Waals surface area (Å²) in [6.07, 6.45) is 1.05. The van der Waals surface area contributed by atoms with E-state index in [1.54, 1.807) is 0 Å². The lowest BCUT2D eigenvalue weighted by atomic mass is 9.96. The van der Waals surface area contributed by atoms with E-state index in [-0.39, 0.29) is 18.3 Å². The molecule has 2 N–H and O–H groups in total. The molecule has 6 nitrogen and oxygen atoms in total. The molecule has 0 unspecified atom stereocenters. The molecule has 8 heteroatoms. The molecule has 0 saturated heterocycles. The standard InChI is InChI=1S/C14H15F2N3O3/c1-2-8(5-9-3-4-10(15)6-11(9)16)7-17-13(20)12-18-14(21)22-19-12/h3-4,6,8H,2,5,7H2,1H3,(H,17,20)(H,18,19,21)/t8-/m0/s1. The number of hydrogen-bond donors (Lipinski definition) is 2. The minimum absolute atomic E-state index is 0.0393. The second-order valence-electron chi connectivity index (χ2n) is 4.87. The number of rotatable bonds is 6. The van der Waals surface area contributed by atoms with Gasteiger partial charge in [0.2, 0.25) is 5.82 Å². The van der Waals surface area contributed by atoms with E-state index >= 15 is 0 Å². The fourth-order valence-corrected chi connectivity index (χ4v) is 2.01. The van der Waals surface area contributed by atoms with Crippen molar-refractivity contribution in [2.75, 3.05) is 6.54 Å². The van der Waals surface area contributed by atoms with Gasteiger partial charge in [-0.2, -0.15) is 0 Å². The number of aromatic nitrogens is 2. The molecule has 2 aromatic rings. The molecule has 0 radical (unpaired) electrons. The largest absolute Gasteiger partial charge is 0.439 e. The molecule has 1 aromatic heterocycles. The predicted molar refractivity (Wildman–Crippen MR) is 73.3 cm³/mol. The molecule has 0 aliphatic carbocycles. The average molecular weight is 311 g/mol. The lowest BCUT2D eigenvalue weighted by Gasteiger charge is -2.15. The van der Waals surface area contributed by atoms with Gasteiger partial charge in [-0.1, -0.05) is 19.4 Å². The first-order valence-corrected chi connectivity index (χ1v) is 6.77. The number of amides is 1. The molecule has 22 heavy (non-hydrogen) atoms. The minimum atomic E-state index is -0.814. The number of benzene rings is 1. The van der Waals surface area contributed by atoms with E-state index in [2.05, 4.69) is 20.0 Å². The van der Waals surface area contributed by atoms with Gasteiger partial charge in [0.15, 0.2) is 0 Å². The Bertz CT molecular complexity index is 711. The summed E-state index contributed by atoms with van der Waals surface area (Å²) in [5.74, 6) is -2.88. The Kier molecular flexibility index (Phi) is 5.03. The third-order valence-electron chi connectivity index (χ3n) is 3.31. The van der Waals surface area contributed by atoms with Crippen molar-refractivity contribution in [1.82, 2.24) is 15.5 Å². The minimum Gasteiger partial charge on any atom is -0.349 e. The Morgan fingerprint density at radius 1 is 1.45 bits per heavy atom. The maximum atomic E-state index is 13.6. The molecule has 0 fully saturated rings. The van der Waals surface area contributed by atoms with Crippen molar-refractivity contribution < 1.29 is 18.1 Å². The molecule has 0 aliphatic rings. The summed E-state index contributed by atoms with van der Waals surface area (Å²) in [5.41, 5.74) is 0.386. The van der Waals surface area contributed by atoms with Crippen LogP contribution in [0.1, 0.15) is 29.5 Å². The highest BCUT2D eigenvalue weighted by Crippen LogP contribution is 2.16. The first-order chi connectivity index (χ1) is 10.5. The summed E-state index contributed by atoms with van der Waals surface area (Å²) >= 11 is 0. The molecule has 118 valence electrons. The van der Waals surface area contributed by atoms with Gasteiger partial charge in [-0.25, -0.2) is 13.6 Å². The highest BCUT2D eigenvalue weighted by atomic mass is 19.1. The van der Waals surface area contributed by atoms with E-state index in [0.717, 1.165) is 6.07 Å². The molecule has 0 spiro atoms. The van der Waals surface area contributed by atoms with Gasteiger partial charge in [-0.15, -0.1) is 0 Å². The zero-order valence-electron chi connectivity index (χ0n) is 11.9. The highest BCUT2D eigenvalue weighted by molar-refractivity contribution is 5.90. The molecular formula is C14H15F2N3O3. The van der Waals surface area contributed by atoms with Gasteiger partial charge in [-0.05, 0) is 29.1 Å². The van der Waals surface area contributed by atoms with Crippen molar-refractivity contribution in [3.05, 3.63) is 51.8 Å². The molecular weight excluding hydrogens is 296 g/mol. The first kappa shape index (κ1) is 15.9. The lowest BCUT2D eigenvalue weighted by molar-refractivity contribution is 0.0933. The predicted octanol–water partition coefficient (Wildman–Crippen LogP) is 1.64. The van der Waals surface area contributed by atoms with Gasteiger partial charge >= 0.3 is 5.76 Å². The third-order valence-corrected chi connectivity index (χ3v) is 3.31. The Hall–Kier alpha value is -2.51. The maximum absolute atomic E-state index is 13.6. The van der Waals surface area contributed by atoms with Crippen molar-refractivity contribution in [3.8, 4) is 0 Å². The number of halogens is 2.